The van der Waals surface area contributed by atoms with Crippen LogP contribution in [0.15, 0.2) is 49.1 Å². The second kappa shape index (κ2) is 9.83. The molecule has 0 aliphatic carbocycles. The maximum absolute atomic E-state index is 12.3. The molecule has 0 spiro atoms. The van der Waals surface area contributed by atoms with E-state index in [0.717, 1.165) is 16.2 Å². The van der Waals surface area contributed by atoms with Crippen molar-refractivity contribution >= 4 is 46.4 Å². The summed E-state index contributed by atoms with van der Waals surface area (Å²) in [4.78, 5) is 13.3. The van der Waals surface area contributed by atoms with E-state index in [1.807, 2.05) is 31.3 Å². The van der Waals surface area contributed by atoms with Gasteiger partial charge in [0.1, 0.15) is 18.9 Å². The SMILES string of the molecule is C=CCOc1ccc(C[NH+](C)CC(=O)Nc2c(Cl)cc(Cl)cc2Cl)cc1. The number of hydrogen-bond acceptors (Lipinski definition) is 2. The van der Waals surface area contributed by atoms with E-state index in [2.05, 4.69) is 11.9 Å². The lowest BCUT2D eigenvalue weighted by molar-refractivity contribution is -0.885. The first-order valence-corrected chi connectivity index (χ1v) is 9.10. The maximum Gasteiger partial charge on any atom is 0.279 e. The molecule has 0 saturated carbocycles. The minimum atomic E-state index is -0.181. The van der Waals surface area contributed by atoms with E-state index < -0.39 is 0 Å². The first kappa shape index (κ1) is 20.6. The summed E-state index contributed by atoms with van der Waals surface area (Å²) in [6.45, 7) is 5.05. The Morgan fingerprint density at radius 2 is 1.81 bits per heavy atom. The number of ether oxygens (including phenoxy) is 1. The molecule has 1 atom stereocenters. The predicted molar refractivity (Wildman–Crippen MR) is 108 cm³/mol. The molecule has 0 fully saturated rings. The zero-order valence-corrected chi connectivity index (χ0v) is 16.6. The summed E-state index contributed by atoms with van der Waals surface area (Å²) < 4.78 is 5.45. The van der Waals surface area contributed by atoms with Crippen molar-refractivity contribution in [3.63, 3.8) is 0 Å². The molecule has 26 heavy (non-hydrogen) atoms. The van der Waals surface area contributed by atoms with Gasteiger partial charge in [0, 0.05) is 10.6 Å². The predicted octanol–water partition coefficient (Wildman–Crippen LogP) is 3.87. The molecule has 0 aromatic heterocycles. The average Bonchev–Trinajstić information content (AvgIpc) is 2.57. The van der Waals surface area contributed by atoms with Gasteiger partial charge in [0.15, 0.2) is 6.54 Å². The third-order valence-corrected chi connectivity index (χ3v) is 4.35. The number of rotatable bonds is 8. The molecule has 0 aliphatic rings. The minimum Gasteiger partial charge on any atom is -0.490 e. The second-order valence-corrected chi connectivity index (χ2v) is 7.10. The third kappa shape index (κ3) is 6.22. The Labute approximate surface area is 168 Å². The van der Waals surface area contributed by atoms with Crippen molar-refractivity contribution in [1.82, 2.24) is 0 Å². The molecule has 1 unspecified atom stereocenters. The summed E-state index contributed by atoms with van der Waals surface area (Å²) in [6, 6.07) is 10.8. The van der Waals surface area contributed by atoms with Crippen molar-refractivity contribution in [2.75, 3.05) is 25.5 Å². The third-order valence-electron chi connectivity index (χ3n) is 3.53. The van der Waals surface area contributed by atoms with Crippen LogP contribution in [-0.2, 0) is 11.3 Å². The van der Waals surface area contributed by atoms with Crippen LogP contribution in [0.2, 0.25) is 15.1 Å². The standard InChI is InChI=1S/C19H19Cl3N2O2/c1-3-8-26-15-6-4-13(5-7-15)11-24(2)12-18(25)23-19-16(21)9-14(20)10-17(19)22/h3-7,9-10H,1,8,11-12H2,2H3,(H,23,25)/p+1. The van der Waals surface area contributed by atoms with Crippen molar-refractivity contribution in [2.24, 2.45) is 0 Å². The number of hydrogen-bond donors (Lipinski definition) is 2. The van der Waals surface area contributed by atoms with Crippen molar-refractivity contribution in [2.45, 2.75) is 6.54 Å². The van der Waals surface area contributed by atoms with Crippen LogP contribution in [-0.4, -0.2) is 26.1 Å². The van der Waals surface area contributed by atoms with Crippen LogP contribution in [0.4, 0.5) is 5.69 Å². The lowest BCUT2D eigenvalue weighted by atomic mass is 10.2. The molecule has 4 nitrogen and oxygen atoms in total. The van der Waals surface area contributed by atoms with Gasteiger partial charge in [-0.3, -0.25) is 4.79 Å². The summed E-state index contributed by atoms with van der Waals surface area (Å²) in [5, 5.41) is 3.78. The highest BCUT2D eigenvalue weighted by Crippen LogP contribution is 2.33. The highest BCUT2D eigenvalue weighted by molar-refractivity contribution is 6.42. The van der Waals surface area contributed by atoms with Crippen LogP contribution >= 0.6 is 34.8 Å². The molecule has 0 bridgehead atoms. The molecular formula is C19H20Cl3N2O2+. The number of amides is 1. The van der Waals surface area contributed by atoms with Gasteiger partial charge >= 0.3 is 0 Å². The van der Waals surface area contributed by atoms with Crippen molar-refractivity contribution in [3.05, 3.63) is 69.7 Å². The Kier molecular flexibility index (Phi) is 7.79. The quantitative estimate of drug-likeness (QED) is 0.644. The molecular weight excluding hydrogens is 395 g/mol. The zero-order valence-electron chi connectivity index (χ0n) is 14.3. The fourth-order valence-corrected chi connectivity index (χ4v) is 3.30. The number of anilines is 1. The van der Waals surface area contributed by atoms with E-state index in [-0.39, 0.29) is 12.5 Å². The molecule has 138 valence electrons. The van der Waals surface area contributed by atoms with Gasteiger partial charge in [0.2, 0.25) is 0 Å². The Hall–Kier alpha value is -1.72. The summed E-state index contributed by atoms with van der Waals surface area (Å²) in [7, 11) is 1.94. The van der Waals surface area contributed by atoms with Gasteiger partial charge in [-0.1, -0.05) is 47.5 Å². The van der Waals surface area contributed by atoms with Crippen LogP contribution in [0.3, 0.4) is 0 Å². The number of nitrogens with one attached hydrogen (secondary N) is 2. The van der Waals surface area contributed by atoms with Gasteiger partial charge in [-0.25, -0.2) is 0 Å². The van der Waals surface area contributed by atoms with Crippen LogP contribution < -0.4 is 15.0 Å². The van der Waals surface area contributed by atoms with Gasteiger partial charge in [0.25, 0.3) is 5.91 Å². The molecule has 2 N–H and O–H groups in total. The van der Waals surface area contributed by atoms with Gasteiger partial charge < -0.3 is 15.0 Å². The monoisotopic (exact) mass is 413 g/mol. The Morgan fingerprint density at radius 3 is 2.38 bits per heavy atom. The van der Waals surface area contributed by atoms with Crippen molar-refractivity contribution in [3.8, 4) is 5.75 Å². The van der Waals surface area contributed by atoms with E-state index in [4.69, 9.17) is 39.5 Å². The number of carbonyl (C=O) groups is 1. The van der Waals surface area contributed by atoms with E-state index >= 15 is 0 Å². The van der Waals surface area contributed by atoms with E-state index in [1.165, 1.54) is 12.1 Å². The molecule has 7 heteroatoms. The maximum atomic E-state index is 12.3. The minimum absolute atomic E-state index is 0.181. The van der Waals surface area contributed by atoms with Gasteiger partial charge in [-0.05, 0) is 36.4 Å². The number of halogens is 3. The smallest absolute Gasteiger partial charge is 0.279 e. The highest BCUT2D eigenvalue weighted by atomic mass is 35.5. The van der Waals surface area contributed by atoms with Crippen LogP contribution in [0, 0.1) is 0 Å². The molecule has 0 aliphatic heterocycles. The summed E-state index contributed by atoms with van der Waals surface area (Å²) in [5.74, 6) is 0.607. The first-order chi connectivity index (χ1) is 12.4. The van der Waals surface area contributed by atoms with E-state index in [9.17, 15) is 4.79 Å². The number of quaternary nitrogens is 1. The van der Waals surface area contributed by atoms with Crippen LogP contribution in [0.5, 0.6) is 5.75 Å². The summed E-state index contributed by atoms with van der Waals surface area (Å²) in [5.41, 5.74) is 1.48. The molecule has 2 aromatic carbocycles. The Balaban J connectivity index is 1.90. The Morgan fingerprint density at radius 1 is 1.19 bits per heavy atom. The van der Waals surface area contributed by atoms with E-state index in [0.29, 0.717) is 33.9 Å². The molecule has 0 radical (unpaired) electrons. The Bertz CT molecular complexity index is 756. The number of likely N-dealkylation sites (N-methyl/N-ethyl adjacent to an activating group) is 1. The highest BCUT2D eigenvalue weighted by Gasteiger charge is 2.15. The molecule has 0 saturated heterocycles. The molecule has 2 aromatic rings. The second-order valence-electron chi connectivity index (χ2n) is 5.85. The molecule has 2 rings (SSSR count). The fourth-order valence-electron chi connectivity index (χ4n) is 2.39. The number of carbonyl (C=O) groups excluding carboxylic acids is 1. The zero-order chi connectivity index (χ0) is 19.1. The van der Waals surface area contributed by atoms with Crippen LogP contribution in [0.1, 0.15) is 5.56 Å². The first-order valence-electron chi connectivity index (χ1n) is 7.97. The summed E-state index contributed by atoms with van der Waals surface area (Å²) >= 11 is 18.0. The average molecular weight is 415 g/mol. The lowest BCUT2D eigenvalue weighted by Crippen LogP contribution is -3.08. The van der Waals surface area contributed by atoms with Gasteiger partial charge in [-0.2, -0.15) is 0 Å². The topological polar surface area (TPSA) is 42.8 Å². The van der Waals surface area contributed by atoms with E-state index in [1.54, 1.807) is 6.08 Å². The van der Waals surface area contributed by atoms with Gasteiger partial charge in [0.05, 0.1) is 22.8 Å². The van der Waals surface area contributed by atoms with Crippen molar-refractivity contribution in [1.29, 1.82) is 0 Å². The number of benzene rings is 2. The molecule has 1 amide bonds. The normalized spacial score (nSPS) is 11.7. The van der Waals surface area contributed by atoms with Crippen LogP contribution in [0.25, 0.3) is 0 Å². The lowest BCUT2D eigenvalue weighted by Gasteiger charge is -2.15. The summed E-state index contributed by atoms with van der Waals surface area (Å²) in [6.07, 6.45) is 1.70. The van der Waals surface area contributed by atoms with Gasteiger partial charge in [-0.15, -0.1) is 0 Å². The largest absolute Gasteiger partial charge is 0.490 e. The molecule has 0 heterocycles. The fraction of sp³-hybridized carbons (Fsp3) is 0.211. The van der Waals surface area contributed by atoms with Crippen molar-refractivity contribution < 1.29 is 14.4 Å².